The molecule has 5 heteroatoms. The highest BCUT2D eigenvalue weighted by Gasteiger charge is 2.38. The quantitative estimate of drug-likeness (QED) is 0.701. The fourth-order valence-corrected chi connectivity index (χ4v) is 5.41. The number of fused-ring (bicyclic) bond motifs is 4. The van der Waals surface area contributed by atoms with Crippen LogP contribution in [0.5, 0.6) is 5.75 Å². The molecule has 30 heavy (non-hydrogen) atoms. The summed E-state index contributed by atoms with van der Waals surface area (Å²) in [5, 5.41) is 0.730. The van der Waals surface area contributed by atoms with Crippen molar-refractivity contribution in [3.05, 3.63) is 87.3 Å². The second-order valence-electron chi connectivity index (χ2n) is 8.57. The predicted octanol–water partition coefficient (Wildman–Crippen LogP) is 3.38. The van der Waals surface area contributed by atoms with Gasteiger partial charge in [-0.25, -0.2) is 0 Å². The number of ether oxygens (including phenoxy) is 1. The molecule has 3 aromatic rings. The van der Waals surface area contributed by atoms with E-state index in [0.717, 1.165) is 48.9 Å². The smallest absolute Gasteiger partial charge is 0.250 e. The molecule has 5 rings (SSSR count). The summed E-state index contributed by atoms with van der Waals surface area (Å²) in [6.07, 6.45) is 1.16. The minimum atomic E-state index is 0.121. The van der Waals surface area contributed by atoms with Crippen molar-refractivity contribution < 1.29 is 9.64 Å². The second kappa shape index (κ2) is 7.93. The Morgan fingerprint density at radius 3 is 2.53 bits per heavy atom. The third kappa shape index (κ3) is 3.66. The molecule has 1 unspecified atom stereocenters. The highest BCUT2D eigenvalue weighted by molar-refractivity contribution is 6.30. The Kier molecular flexibility index (Phi) is 5.13. The molecule has 0 spiro atoms. The highest BCUT2D eigenvalue weighted by Crippen LogP contribution is 2.37. The lowest BCUT2D eigenvalue weighted by Gasteiger charge is -2.41. The molecule has 2 aliphatic rings. The van der Waals surface area contributed by atoms with Crippen molar-refractivity contribution in [3.8, 4) is 16.9 Å². The van der Waals surface area contributed by atoms with Crippen LogP contribution in [0.3, 0.4) is 0 Å². The fourth-order valence-electron chi connectivity index (χ4n) is 5.29. The van der Waals surface area contributed by atoms with Gasteiger partial charge in [-0.15, -0.1) is 0 Å². The first-order valence-corrected chi connectivity index (χ1v) is 10.9. The summed E-state index contributed by atoms with van der Waals surface area (Å²) >= 11 is 6.10. The van der Waals surface area contributed by atoms with Crippen LogP contribution in [-0.2, 0) is 13.1 Å². The van der Waals surface area contributed by atoms with Crippen LogP contribution < -0.4 is 15.2 Å². The SMILES string of the molecule is COc1ccc(C[NH+]2C[C@@H]3C[C@H](C2)c2c(-c4ccc(Cl)cc4)ccc(=O)n2C3)cc1. The number of likely N-dealkylation sites (tertiary alicyclic amines) is 1. The molecule has 0 amide bonds. The molecule has 1 aromatic heterocycles. The number of quaternary nitrogens is 1. The van der Waals surface area contributed by atoms with Gasteiger partial charge in [-0.1, -0.05) is 23.7 Å². The topological polar surface area (TPSA) is 35.7 Å². The number of methoxy groups -OCH3 is 1. The number of aromatic nitrogens is 1. The number of halogens is 1. The fraction of sp³-hybridized carbons (Fsp3) is 0.320. The van der Waals surface area contributed by atoms with E-state index in [1.807, 2.05) is 34.9 Å². The Balaban J connectivity index is 1.46. The molecule has 0 aliphatic carbocycles. The number of hydrogen-bond acceptors (Lipinski definition) is 2. The molecular weight excluding hydrogens is 396 g/mol. The summed E-state index contributed by atoms with van der Waals surface area (Å²) in [5.41, 5.74) is 4.95. The van der Waals surface area contributed by atoms with Crippen molar-refractivity contribution in [3.63, 3.8) is 0 Å². The molecule has 2 aromatic carbocycles. The summed E-state index contributed by atoms with van der Waals surface area (Å²) < 4.78 is 7.32. The van der Waals surface area contributed by atoms with Crippen molar-refractivity contribution >= 4 is 11.6 Å². The molecule has 3 heterocycles. The summed E-state index contributed by atoms with van der Waals surface area (Å²) in [6.45, 7) is 3.98. The Bertz CT molecular complexity index is 1110. The normalized spacial score (nSPS) is 22.4. The lowest BCUT2D eigenvalue weighted by Crippen LogP contribution is -3.13. The first-order valence-electron chi connectivity index (χ1n) is 10.6. The summed E-state index contributed by atoms with van der Waals surface area (Å²) in [6, 6.07) is 20.1. The zero-order valence-electron chi connectivity index (χ0n) is 17.1. The molecule has 2 bridgehead atoms. The van der Waals surface area contributed by atoms with Crippen molar-refractivity contribution in [2.75, 3.05) is 20.2 Å². The maximum absolute atomic E-state index is 12.7. The average molecular weight is 422 g/mol. The van der Waals surface area contributed by atoms with Gasteiger partial charge in [-0.2, -0.15) is 0 Å². The lowest BCUT2D eigenvalue weighted by molar-refractivity contribution is -0.924. The number of benzene rings is 2. The van der Waals surface area contributed by atoms with Crippen LogP contribution in [0.4, 0.5) is 0 Å². The van der Waals surface area contributed by atoms with Crippen LogP contribution in [0.2, 0.25) is 5.02 Å². The minimum absolute atomic E-state index is 0.121. The van der Waals surface area contributed by atoms with E-state index in [1.54, 1.807) is 18.1 Å². The van der Waals surface area contributed by atoms with Gasteiger partial charge < -0.3 is 14.2 Å². The number of nitrogens with zero attached hydrogens (tertiary/aromatic N) is 1. The molecule has 1 fully saturated rings. The van der Waals surface area contributed by atoms with Gasteiger partial charge in [0.1, 0.15) is 12.3 Å². The Morgan fingerprint density at radius 1 is 1.03 bits per heavy atom. The van der Waals surface area contributed by atoms with Gasteiger partial charge in [0.15, 0.2) is 0 Å². The van der Waals surface area contributed by atoms with E-state index in [-0.39, 0.29) is 5.56 Å². The van der Waals surface area contributed by atoms with Gasteiger partial charge in [0.05, 0.1) is 20.2 Å². The van der Waals surface area contributed by atoms with E-state index < -0.39 is 0 Å². The molecular formula is C25H26ClN2O2+. The van der Waals surface area contributed by atoms with E-state index in [4.69, 9.17) is 16.3 Å². The van der Waals surface area contributed by atoms with Crippen molar-refractivity contribution in [2.24, 2.45) is 5.92 Å². The van der Waals surface area contributed by atoms with E-state index in [2.05, 4.69) is 24.3 Å². The molecule has 4 nitrogen and oxygen atoms in total. The number of nitrogens with one attached hydrogen (secondary N) is 1. The standard InChI is InChI=1S/C25H25ClN2O2/c1-30-22-8-2-17(3-9-22)13-27-14-18-12-20(16-27)25-23(10-11-24(29)28(25)15-18)19-4-6-21(26)7-5-19/h2-11,18,20H,12-16H2,1H3/p+1/t18-,20+/m0/s1. The van der Waals surface area contributed by atoms with Crippen molar-refractivity contribution in [1.29, 1.82) is 0 Å². The third-order valence-electron chi connectivity index (χ3n) is 6.55. The van der Waals surface area contributed by atoms with Crippen LogP contribution in [0.25, 0.3) is 11.1 Å². The third-order valence-corrected chi connectivity index (χ3v) is 6.80. The monoisotopic (exact) mass is 421 g/mol. The summed E-state index contributed by atoms with van der Waals surface area (Å²) in [5.74, 6) is 1.83. The van der Waals surface area contributed by atoms with Crippen molar-refractivity contribution in [1.82, 2.24) is 4.57 Å². The Hall–Kier alpha value is -2.56. The molecule has 3 atom stereocenters. The van der Waals surface area contributed by atoms with E-state index in [0.29, 0.717) is 11.8 Å². The van der Waals surface area contributed by atoms with Gasteiger partial charge in [-0.05, 0) is 54.4 Å². The maximum atomic E-state index is 12.7. The molecule has 154 valence electrons. The van der Waals surface area contributed by atoms with Crippen LogP contribution in [0.15, 0.2) is 65.5 Å². The maximum Gasteiger partial charge on any atom is 0.250 e. The first-order chi connectivity index (χ1) is 14.6. The largest absolute Gasteiger partial charge is 0.497 e. The predicted molar refractivity (Wildman–Crippen MR) is 119 cm³/mol. The van der Waals surface area contributed by atoms with Gasteiger partial charge >= 0.3 is 0 Å². The summed E-state index contributed by atoms with van der Waals surface area (Å²) in [7, 11) is 1.70. The first kappa shape index (κ1) is 19.4. The van der Waals surface area contributed by atoms with Gasteiger partial charge in [0.2, 0.25) is 0 Å². The minimum Gasteiger partial charge on any atom is -0.497 e. The number of rotatable bonds is 4. The number of hydrogen-bond donors (Lipinski definition) is 1. The van der Waals surface area contributed by atoms with E-state index in [1.165, 1.54) is 16.8 Å². The van der Waals surface area contributed by atoms with Crippen molar-refractivity contribution in [2.45, 2.75) is 25.4 Å². The zero-order chi connectivity index (χ0) is 20.7. The molecule has 2 aliphatic heterocycles. The lowest BCUT2D eigenvalue weighted by atomic mass is 9.80. The summed E-state index contributed by atoms with van der Waals surface area (Å²) in [4.78, 5) is 14.3. The molecule has 0 saturated carbocycles. The average Bonchev–Trinajstić information content (AvgIpc) is 2.76. The Morgan fingerprint density at radius 2 is 1.80 bits per heavy atom. The van der Waals surface area contributed by atoms with Crippen LogP contribution in [0.1, 0.15) is 23.6 Å². The van der Waals surface area contributed by atoms with Crippen LogP contribution >= 0.6 is 11.6 Å². The molecule has 0 radical (unpaired) electrons. The van der Waals surface area contributed by atoms with Crippen LogP contribution in [0, 0.1) is 5.92 Å². The molecule has 1 saturated heterocycles. The number of piperidine rings is 1. The van der Waals surface area contributed by atoms with E-state index in [9.17, 15) is 4.79 Å². The van der Waals surface area contributed by atoms with Crippen LogP contribution in [-0.4, -0.2) is 24.8 Å². The number of pyridine rings is 1. The molecule has 1 N–H and O–H groups in total. The Labute approximate surface area is 181 Å². The highest BCUT2D eigenvalue weighted by atomic mass is 35.5. The van der Waals surface area contributed by atoms with Gasteiger partial charge in [0, 0.05) is 46.3 Å². The van der Waals surface area contributed by atoms with Gasteiger partial charge in [-0.3, -0.25) is 4.79 Å². The van der Waals surface area contributed by atoms with E-state index >= 15 is 0 Å². The second-order valence-corrected chi connectivity index (χ2v) is 9.01. The zero-order valence-corrected chi connectivity index (χ0v) is 17.9. The van der Waals surface area contributed by atoms with Gasteiger partial charge in [0.25, 0.3) is 5.56 Å².